The summed E-state index contributed by atoms with van der Waals surface area (Å²) in [5.41, 5.74) is 3.58. The molecule has 3 aromatic rings. The van der Waals surface area contributed by atoms with Gasteiger partial charge in [-0.25, -0.2) is 0 Å². The van der Waals surface area contributed by atoms with E-state index in [1.807, 2.05) is 48.7 Å². The second kappa shape index (κ2) is 17.0. The maximum Gasteiger partial charge on any atom is 0.222 e. The van der Waals surface area contributed by atoms with Gasteiger partial charge in [-0.05, 0) is 93.2 Å². The summed E-state index contributed by atoms with van der Waals surface area (Å²) in [5.74, 6) is 1.35. The van der Waals surface area contributed by atoms with E-state index in [1.54, 1.807) is 31.8 Å². The van der Waals surface area contributed by atoms with E-state index in [-0.39, 0.29) is 31.0 Å². The Labute approximate surface area is 297 Å². The topological polar surface area (TPSA) is 153 Å². The highest BCUT2D eigenvalue weighted by Gasteiger charge is 2.48. The SMILES string of the molecule is CC(C)N(C[C@H](O)[C@@H](O)[C@H](O)[C@H](O)CO)C(=O)CCCSc1ccc(Cl)c(COC2(c3cnccc3-c3ccccc3OC3CC3)CC2)c1. The minimum Gasteiger partial charge on any atom is -0.490 e. The van der Waals surface area contributed by atoms with E-state index in [0.29, 0.717) is 23.8 Å². The molecule has 0 unspecified atom stereocenters. The number of ether oxygens (including phenoxy) is 2. The fourth-order valence-electron chi connectivity index (χ4n) is 5.75. The van der Waals surface area contributed by atoms with E-state index >= 15 is 0 Å². The molecule has 10 nitrogen and oxygen atoms in total. The van der Waals surface area contributed by atoms with E-state index in [9.17, 15) is 25.2 Å². The van der Waals surface area contributed by atoms with Crippen LogP contribution >= 0.6 is 23.4 Å². The van der Waals surface area contributed by atoms with E-state index in [4.69, 9.17) is 26.2 Å². The molecule has 266 valence electrons. The molecule has 12 heteroatoms. The first-order chi connectivity index (χ1) is 23.5. The third kappa shape index (κ3) is 9.74. The predicted molar refractivity (Wildman–Crippen MR) is 188 cm³/mol. The normalized spacial score (nSPS) is 17.7. The van der Waals surface area contributed by atoms with E-state index < -0.39 is 36.6 Å². The van der Waals surface area contributed by atoms with Gasteiger partial charge < -0.3 is 39.9 Å². The number of halogens is 1. The van der Waals surface area contributed by atoms with Crippen LogP contribution in [-0.4, -0.2) is 96.8 Å². The van der Waals surface area contributed by atoms with Crippen LogP contribution in [0.4, 0.5) is 0 Å². The number of pyridine rings is 1. The monoisotopic (exact) mass is 714 g/mol. The number of nitrogens with zero attached hydrogens (tertiary/aromatic N) is 2. The van der Waals surface area contributed by atoms with Crippen LogP contribution < -0.4 is 4.74 Å². The number of thioether (sulfide) groups is 1. The average Bonchev–Trinajstić information content (AvgIpc) is 4.05. The van der Waals surface area contributed by atoms with Gasteiger partial charge >= 0.3 is 0 Å². The number of aliphatic hydroxyl groups excluding tert-OH is 5. The highest BCUT2D eigenvalue weighted by molar-refractivity contribution is 7.99. The lowest BCUT2D eigenvalue weighted by Crippen LogP contribution is -2.51. The molecule has 0 bridgehead atoms. The number of hydrogen-bond donors (Lipinski definition) is 5. The second-order valence-electron chi connectivity index (χ2n) is 13.2. The standard InChI is InChI=1S/C37H47ClN2O8S/c1-23(2)40(20-31(42)35(45)36(46)32(43)21-41)34(44)8-5-17-49-26-11-12-30(38)24(18-26)22-47-37(14-15-37)29-19-39-16-13-27(29)28-6-3-4-7-33(28)48-25-9-10-25/h3-4,6-7,11-13,16,18-19,23,25,31-32,35-36,41-43,45-46H,5,8-10,14-15,17,20-22H2,1-2H3/t31-,32+,35+,36+/m0/s1. The van der Waals surface area contributed by atoms with Crippen molar-refractivity contribution in [2.24, 2.45) is 0 Å². The molecule has 2 aliphatic carbocycles. The molecule has 1 amide bonds. The lowest BCUT2D eigenvalue weighted by atomic mass is 9.96. The Morgan fingerprint density at radius 1 is 1.04 bits per heavy atom. The third-order valence-corrected chi connectivity index (χ3v) is 10.4. The highest BCUT2D eigenvalue weighted by Crippen LogP contribution is 2.53. The number of hydrogen-bond acceptors (Lipinski definition) is 10. The quantitative estimate of drug-likeness (QED) is 0.0873. The fourth-order valence-corrected chi connectivity index (χ4v) is 6.84. The Morgan fingerprint density at radius 3 is 2.47 bits per heavy atom. The van der Waals surface area contributed by atoms with Gasteiger partial charge in [0.2, 0.25) is 5.91 Å². The first-order valence-electron chi connectivity index (χ1n) is 16.9. The third-order valence-electron chi connectivity index (χ3n) is 8.99. The van der Waals surface area contributed by atoms with E-state index in [0.717, 1.165) is 58.6 Å². The van der Waals surface area contributed by atoms with Gasteiger partial charge in [-0.3, -0.25) is 9.78 Å². The number of carbonyl (C=O) groups excluding carboxylic acids is 1. The summed E-state index contributed by atoms with van der Waals surface area (Å²) in [6, 6.07) is 15.7. The molecule has 49 heavy (non-hydrogen) atoms. The molecule has 0 radical (unpaired) electrons. The molecule has 0 aliphatic heterocycles. The molecular formula is C37H47ClN2O8S. The van der Waals surface area contributed by atoms with Crippen LogP contribution in [0.2, 0.25) is 5.02 Å². The van der Waals surface area contributed by atoms with Gasteiger partial charge in [-0.1, -0.05) is 29.8 Å². The molecule has 5 N–H and O–H groups in total. The van der Waals surface area contributed by atoms with Crippen LogP contribution in [0.1, 0.15) is 63.5 Å². The van der Waals surface area contributed by atoms with Gasteiger partial charge in [0.15, 0.2) is 0 Å². The van der Waals surface area contributed by atoms with E-state index in [2.05, 4.69) is 11.1 Å². The van der Waals surface area contributed by atoms with Crippen molar-refractivity contribution in [3.63, 3.8) is 0 Å². The molecule has 2 aromatic carbocycles. The van der Waals surface area contributed by atoms with Crippen LogP contribution in [0.5, 0.6) is 5.75 Å². The molecular weight excluding hydrogens is 668 g/mol. The van der Waals surface area contributed by atoms with Crippen molar-refractivity contribution in [3.8, 4) is 16.9 Å². The van der Waals surface area contributed by atoms with Crippen molar-refractivity contribution in [2.75, 3.05) is 18.9 Å². The Morgan fingerprint density at radius 2 is 1.78 bits per heavy atom. The maximum atomic E-state index is 13.0. The minimum atomic E-state index is -1.74. The van der Waals surface area contributed by atoms with Crippen molar-refractivity contribution in [3.05, 3.63) is 77.1 Å². The van der Waals surface area contributed by atoms with Crippen molar-refractivity contribution in [1.29, 1.82) is 0 Å². The highest BCUT2D eigenvalue weighted by atomic mass is 35.5. The van der Waals surface area contributed by atoms with Gasteiger partial charge in [-0.15, -0.1) is 11.8 Å². The molecule has 1 aromatic heterocycles. The van der Waals surface area contributed by atoms with Crippen LogP contribution in [0.25, 0.3) is 11.1 Å². The lowest BCUT2D eigenvalue weighted by Gasteiger charge is -2.32. The molecule has 4 atom stereocenters. The Bertz CT molecular complexity index is 1550. The zero-order valence-electron chi connectivity index (χ0n) is 28.0. The van der Waals surface area contributed by atoms with E-state index in [1.165, 1.54) is 4.90 Å². The number of carbonyl (C=O) groups is 1. The van der Waals surface area contributed by atoms with Crippen molar-refractivity contribution >= 4 is 29.3 Å². The number of aliphatic hydroxyl groups is 5. The second-order valence-corrected chi connectivity index (χ2v) is 14.7. The summed E-state index contributed by atoms with van der Waals surface area (Å²) in [6.07, 6.45) is 2.16. The smallest absolute Gasteiger partial charge is 0.222 e. The van der Waals surface area contributed by atoms with Gasteiger partial charge in [0.1, 0.15) is 30.2 Å². The number of para-hydroxylation sites is 1. The number of benzene rings is 2. The Balaban J connectivity index is 1.16. The first-order valence-corrected chi connectivity index (χ1v) is 18.3. The van der Waals surface area contributed by atoms with Crippen LogP contribution in [-0.2, 0) is 21.7 Å². The molecule has 0 spiro atoms. The van der Waals surface area contributed by atoms with Gasteiger partial charge in [0, 0.05) is 52.4 Å². The minimum absolute atomic E-state index is 0.199. The lowest BCUT2D eigenvalue weighted by molar-refractivity contribution is -0.142. The summed E-state index contributed by atoms with van der Waals surface area (Å²) in [5, 5.41) is 49.8. The summed E-state index contributed by atoms with van der Waals surface area (Å²) < 4.78 is 12.9. The van der Waals surface area contributed by atoms with Crippen LogP contribution in [0.15, 0.2) is 65.8 Å². The number of aromatic nitrogens is 1. The summed E-state index contributed by atoms with van der Waals surface area (Å²) in [4.78, 5) is 19.9. The fraction of sp³-hybridized carbons (Fsp3) is 0.514. The summed E-state index contributed by atoms with van der Waals surface area (Å²) >= 11 is 8.23. The van der Waals surface area contributed by atoms with Crippen molar-refractivity contribution in [2.45, 2.75) is 106 Å². The average molecular weight is 715 g/mol. The Hall–Kier alpha value is -2.74. The number of rotatable bonds is 19. The van der Waals surface area contributed by atoms with Crippen molar-refractivity contribution < 1.29 is 39.8 Å². The molecule has 0 saturated heterocycles. The largest absolute Gasteiger partial charge is 0.490 e. The maximum absolute atomic E-state index is 13.0. The summed E-state index contributed by atoms with van der Waals surface area (Å²) in [6.45, 7) is 2.94. The van der Waals surface area contributed by atoms with Gasteiger partial charge in [0.05, 0.1) is 24.9 Å². The summed E-state index contributed by atoms with van der Waals surface area (Å²) in [7, 11) is 0. The molecule has 2 saturated carbocycles. The molecule has 1 heterocycles. The van der Waals surface area contributed by atoms with Crippen LogP contribution in [0, 0.1) is 0 Å². The molecule has 2 aliphatic rings. The predicted octanol–water partition coefficient (Wildman–Crippen LogP) is 4.69. The Kier molecular flexibility index (Phi) is 13.0. The van der Waals surface area contributed by atoms with Gasteiger partial charge in [-0.2, -0.15) is 0 Å². The number of amides is 1. The van der Waals surface area contributed by atoms with Crippen molar-refractivity contribution in [1.82, 2.24) is 9.88 Å². The zero-order valence-corrected chi connectivity index (χ0v) is 29.5. The molecule has 5 rings (SSSR count). The zero-order chi connectivity index (χ0) is 35.1. The van der Waals surface area contributed by atoms with Crippen LogP contribution in [0.3, 0.4) is 0 Å². The van der Waals surface area contributed by atoms with Gasteiger partial charge in [0.25, 0.3) is 0 Å². The molecule has 2 fully saturated rings. The first kappa shape index (κ1) is 37.5.